The van der Waals surface area contributed by atoms with Gasteiger partial charge in [0.2, 0.25) is 0 Å². The molecule has 2 atom stereocenters. The van der Waals surface area contributed by atoms with Crippen LogP contribution in [0.25, 0.3) is 0 Å². The highest BCUT2D eigenvalue weighted by Gasteiger charge is 2.48. The molecule has 0 unspecified atom stereocenters. The number of likely N-dealkylation sites (tertiary alicyclic amines) is 1. The van der Waals surface area contributed by atoms with Crippen molar-refractivity contribution in [2.45, 2.75) is 25.3 Å². The first-order chi connectivity index (χ1) is 4.20. The second-order valence-electron chi connectivity index (χ2n) is 4.20. The zero-order valence-corrected chi connectivity index (χ0v) is 6.43. The number of fused-ring (bicyclic) bond motifs is 1. The van der Waals surface area contributed by atoms with Crippen LogP contribution in [-0.4, -0.2) is 31.2 Å². The molecule has 0 N–H and O–H groups in total. The van der Waals surface area contributed by atoms with Crippen LogP contribution in [0, 0.1) is 5.92 Å². The van der Waals surface area contributed by atoms with Gasteiger partial charge in [0.1, 0.15) is 0 Å². The maximum atomic E-state index is 2.38. The molecular formula is C8H16N+. The molecular weight excluding hydrogens is 110 g/mol. The SMILES string of the molecule is C[N+]1(C)CC[C@H]2CC[C@@H]21. The van der Waals surface area contributed by atoms with Crippen LogP contribution < -0.4 is 0 Å². The van der Waals surface area contributed by atoms with E-state index in [4.69, 9.17) is 0 Å². The van der Waals surface area contributed by atoms with E-state index in [9.17, 15) is 0 Å². The molecule has 1 aliphatic carbocycles. The highest BCUT2D eigenvalue weighted by molar-refractivity contribution is 4.85. The van der Waals surface area contributed by atoms with Crippen LogP contribution in [0.1, 0.15) is 19.3 Å². The quantitative estimate of drug-likeness (QED) is 0.428. The van der Waals surface area contributed by atoms with Gasteiger partial charge in [0.25, 0.3) is 0 Å². The molecule has 1 heteroatoms. The zero-order chi connectivity index (χ0) is 6.48. The van der Waals surface area contributed by atoms with Crippen LogP contribution in [-0.2, 0) is 0 Å². The Morgan fingerprint density at radius 1 is 1.11 bits per heavy atom. The maximum absolute atomic E-state index is 2.38. The van der Waals surface area contributed by atoms with Crippen molar-refractivity contribution in [3.63, 3.8) is 0 Å². The van der Waals surface area contributed by atoms with E-state index in [1.165, 1.54) is 30.3 Å². The van der Waals surface area contributed by atoms with E-state index in [-0.39, 0.29) is 0 Å². The number of quaternary nitrogens is 1. The Kier molecular flexibility index (Phi) is 0.963. The monoisotopic (exact) mass is 126 g/mol. The second-order valence-corrected chi connectivity index (χ2v) is 4.20. The smallest absolute Gasteiger partial charge is 0.0917 e. The summed E-state index contributed by atoms with van der Waals surface area (Å²) in [7, 11) is 4.76. The van der Waals surface area contributed by atoms with Gasteiger partial charge < -0.3 is 4.48 Å². The Morgan fingerprint density at radius 3 is 2.11 bits per heavy atom. The normalized spacial score (nSPS) is 46.0. The lowest BCUT2D eigenvalue weighted by atomic mass is 9.80. The number of hydrogen-bond acceptors (Lipinski definition) is 0. The van der Waals surface area contributed by atoms with Crippen molar-refractivity contribution in [1.82, 2.24) is 0 Å². The Balaban J connectivity index is 2.14. The van der Waals surface area contributed by atoms with Gasteiger partial charge in [0, 0.05) is 18.8 Å². The molecule has 0 aromatic carbocycles. The fourth-order valence-corrected chi connectivity index (χ4v) is 2.47. The second kappa shape index (κ2) is 1.51. The molecule has 0 bridgehead atoms. The summed E-state index contributed by atoms with van der Waals surface area (Å²) in [4.78, 5) is 0. The van der Waals surface area contributed by atoms with Crippen molar-refractivity contribution in [1.29, 1.82) is 0 Å². The van der Waals surface area contributed by atoms with Crippen molar-refractivity contribution in [2.24, 2.45) is 5.92 Å². The van der Waals surface area contributed by atoms with Gasteiger partial charge in [0.15, 0.2) is 0 Å². The highest BCUT2D eigenvalue weighted by atomic mass is 15.4. The van der Waals surface area contributed by atoms with Gasteiger partial charge in [-0.05, 0) is 6.42 Å². The van der Waals surface area contributed by atoms with E-state index in [1.54, 1.807) is 0 Å². The Hall–Kier alpha value is -0.0400. The van der Waals surface area contributed by atoms with Gasteiger partial charge in [-0.3, -0.25) is 0 Å². The van der Waals surface area contributed by atoms with E-state index < -0.39 is 0 Å². The molecule has 9 heavy (non-hydrogen) atoms. The molecule has 2 fully saturated rings. The van der Waals surface area contributed by atoms with Crippen molar-refractivity contribution >= 4 is 0 Å². The maximum Gasteiger partial charge on any atom is 0.0917 e. The molecule has 1 heterocycles. The predicted octanol–water partition coefficient (Wildman–Crippen LogP) is 1.25. The molecule has 2 aliphatic rings. The summed E-state index contributed by atoms with van der Waals surface area (Å²) in [5.41, 5.74) is 0. The van der Waals surface area contributed by atoms with Crippen LogP contribution in [0.15, 0.2) is 0 Å². The third-order valence-corrected chi connectivity index (χ3v) is 3.35. The Bertz CT molecular complexity index is 129. The lowest BCUT2D eigenvalue weighted by Gasteiger charge is -2.39. The predicted molar refractivity (Wildman–Crippen MR) is 38.1 cm³/mol. The molecule has 52 valence electrons. The topological polar surface area (TPSA) is 0 Å². The van der Waals surface area contributed by atoms with Gasteiger partial charge in [0.05, 0.1) is 26.7 Å². The fourth-order valence-electron chi connectivity index (χ4n) is 2.47. The number of rotatable bonds is 0. The minimum absolute atomic E-state index is 1.05. The summed E-state index contributed by atoms with van der Waals surface area (Å²) < 4.78 is 1.31. The van der Waals surface area contributed by atoms with Crippen LogP contribution in [0.3, 0.4) is 0 Å². The lowest BCUT2D eigenvalue weighted by molar-refractivity contribution is -0.908. The number of nitrogens with zero attached hydrogens (tertiary/aromatic N) is 1. The van der Waals surface area contributed by atoms with E-state index in [2.05, 4.69) is 14.1 Å². The summed E-state index contributed by atoms with van der Waals surface area (Å²) in [6.45, 7) is 1.43. The van der Waals surface area contributed by atoms with Crippen LogP contribution in [0.4, 0.5) is 0 Å². The minimum Gasteiger partial charge on any atom is -0.326 e. The molecule has 0 aromatic rings. The molecule has 0 spiro atoms. The average Bonchev–Trinajstić information content (AvgIpc) is 1.74. The van der Waals surface area contributed by atoms with E-state index in [0.717, 1.165) is 12.0 Å². The summed E-state index contributed by atoms with van der Waals surface area (Å²) >= 11 is 0. The first kappa shape index (κ1) is 5.72. The molecule has 1 aliphatic heterocycles. The molecule has 2 rings (SSSR count). The lowest BCUT2D eigenvalue weighted by Crippen LogP contribution is -2.49. The van der Waals surface area contributed by atoms with Crippen molar-refractivity contribution in [3.05, 3.63) is 0 Å². The van der Waals surface area contributed by atoms with E-state index in [0.29, 0.717) is 0 Å². The molecule has 1 saturated carbocycles. The largest absolute Gasteiger partial charge is 0.326 e. The Morgan fingerprint density at radius 2 is 1.89 bits per heavy atom. The molecule has 0 radical (unpaired) electrons. The average molecular weight is 126 g/mol. The summed E-state index contributed by atoms with van der Waals surface area (Å²) in [6, 6.07) is 1.05. The van der Waals surface area contributed by atoms with Crippen LogP contribution in [0.5, 0.6) is 0 Å². The van der Waals surface area contributed by atoms with Crippen LogP contribution in [0.2, 0.25) is 0 Å². The zero-order valence-electron chi connectivity index (χ0n) is 6.43. The van der Waals surface area contributed by atoms with Gasteiger partial charge in [-0.15, -0.1) is 0 Å². The van der Waals surface area contributed by atoms with Gasteiger partial charge in [-0.1, -0.05) is 0 Å². The Labute approximate surface area is 57.3 Å². The van der Waals surface area contributed by atoms with Crippen molar-refractivity contribution < 1.29 is 4.48 Å². The molecule has 0 aromatic heterocycles. The highest BCUT2D eigenvalue weighted by Crippen LogP contribution is 2.42. The standard InChI is InChI=1S/C8H16N/c1-9(2)6-5-7-3-4-8(7)9/h7-8H,3-6H2,1-2H3/q+1/t7-,8+/m1/s1. The summed E-state index contributed by atoms with van der Waals surface area (Å²) in [5, 5.41) is 0. The first-order valence-electron chi connectivity index (χ1n) is 4.03. The third-order valence-electron chi connectivity index (χ3n) is 3.35. The first-order valence-corrected chi connectivity index (χ1v) is 4.03. The van der Waals surface area contributed by atoms with E-state index >= 15 is 0 Å². The van der Waals surface area contributed by atoms with Crippen LogP contribution >= 0.6 is 0 Å². The van der Waals surface area contributed by atoms with E-state index in [1.807, 2.05) is 0 Å². The number of hydrogen-bond donors (Lipinski definition) is 0. The van der Waals surface area contributed by atoms with Gasteiger partial charge in [-0.2, -0.15) is 0 Å². The van der Waals surface area contributed by atoms with Crippen molar-refractivity contribution in [2.75, 3.05) is 20.6 Å². The molecule has 1 nitrogen and oxygen atoms in total. The van der Waals surface area contributed by atoms with Gasteiger partial charge in [-0.25, -0.2) is 0 Å². The fraction of sp³-hybridized carbons (Fsp3) is 1.00. The third kappa shape index (κ3) is 0.644. The minimum atomic E-state index is 1.05. The molecule has 1 saturated heterocycles. The summed E-state index contributed by atoms with van der Waals surface area (Å²) in [5.74, 6) is 1.11. The molecule has 0 amide bonds. The van der Waals surface area contributed by atoms with Crippen molar-refractivity contribution in [3.8, 4) is 0 Å². The summed E-state index contributed by atoms with van der Waals surface area (Å²) in [6.07, 6.45) is 4.52. The van der Waals surface area contributed by atoms with Gasteiger partial charge >= 0.3 is 0 Å².